The Morgan fingerprint density at radius 1 is 1.33 bits per heavy atom. The van der Waals surface area contributed by atoms with Gasteiger partial charge < -0.3 is 24.8 Å². The van der Waals surface area contributed by atoms with E-state index in [4.69, 9.17) is 21.1 Å². The highest BCUT2D eigenvalue weighted by Gasteiger charge is 2.79. The zero-order valence-electron chi connectivity index (χ0n) is 17.5. The van der Waals surface area contributed by atoms with Gasteiger partial charge in [-0.25, -0.2) is 4.98 Å². The zero-order chi connectivity index (χ0) is 23.5. The van der Waals surface area contributed by atoms with Crippen molar-refractivity contribution in [3.63, 3.8) is 0 Å². The van der Waals surface area contributed by atoms with Crippen LogP contribution in [0.15, 0.2) is 59.1 Å². The number of aliphatic hydroxyl groups excluding tert-OH is 1. The molecule has 0 spiro atoms. The van der Waals surface area contributed by atoms with E-state index in [1.54, 1.807) is 24.3 Å². The molecule has 7 nitrogen and oxygen atoms in total. The summed E-state index contributed by atoms with van der Waals surface area (Å²) < 4.78 is 12.8. The lowest BCUT2D eigenvalue weighted by Gasteiger charge is -2.45. The van der Waals surface area contributed by atoms with Crippen LogP contribution >= 0.6 is 27.5 Å². The Hall–Kier alpha value is -2.39. The molecular weight excluding hydrogens is 514 g/mol. The molecule has 3 N–H and O–H groups in total. The number of benzene rings is 1. The summed E-state index contributed by atoms with van der Waals surface area (Å²) in [5.41, 5.74) is -2.97. The quantitative estimate of drug-likeness (QED) is 0.512. The number of fused-ring (bicyclic) bond motifs is 3. The van der Waals surface area contributed by atoms with Crippen LogP contribution in [-0.2, 0) is 10.4 Å². The first kappa shape index (κ1) is 22.4. The van der Waals surface area contributed by atoms with Gasteiger partial charge in [0.05, 0.1) is 18.6 Å². The number of methoxy groups -OCH3 is 1. The van der Waals surface area contributed by atoms with Crippen molar-refractivity contribution < 1.29 is 29.6 Å². The van der Waals surface area contributed by atoms with Gasteiger partial charge in [0.1, 0.15) is 17.0 Å². The SMILES string of the molecule is COc1nc(Cl)cc2c1[C@]1(O)[C@H](O)[C@H](C(=O)O)[C@@H](c3ccccc3)[C@]1(C1C=CC(Br)=CC1)O2. The Kier molecular flexibility index (Phi) is 5.32. The van der Waals surface area contributed by atoms with Gasteiger partial charge in [0, 0.05) is 22.4 Å². The molecule has 1 unspecified atom stereocenters. The predicted octanol–water partition coefficient (Wildman–Crippen LogP) is 3.78. The molecule has 33 heavy (non-hydrogen) atoms. The van der Waals surface area contributed by atoms with Crippen LogP contribution in [0, 0.1) is 11.8 Å². The van der Waals surface area contributed by atoms with Crippen LogP contribution in [0.25, 0.3) is 0 Å². The van der Waals surface area contributed by atoms with Crippen molar-refractivity contribution in [2.24, 2.45) is 11.8 Å². The number of pyridine rings is 1. The van der Waals surface area contributed by atoms with E-state index in [1.165, 1.54) is 13.2 Å². The highest BCUT2D eigenvalue weighted by molar-refractivity contribution is 9.11. The number of allylic oxidation sites excluding steroid dienone is 3. The van der Waals surface area contributed by atoms with Crippen molar-refractivity contribution in [3.8, 4) is 11.6 Å². The summed E-state index contributed by atoms with van der Waals surface area (Å²) in [5.74, 6) is -3.78. The maximum Gasteiger partial charge on any atom is 0.310 e. The lowest BCUT2D eigenvalue weighted by atomic mass is 9.66. The summed E-state index contributed by atoms with van der Waals surface area (Å²) in [5, 5.41) is 34.3. The molecule has 0 bridgehead atoms. The summed E-state index contributed by atoms with van der Waals surface area (Å²) in [7, 11) is 1.37. The normalized spacial score (nSPS) is 34.3. The topological polar surface area (TPSA) is 109 Å². The van der Waals surface area contributed by atoms with Gasteiger partial charge in [0.25, 0.3) is 0 Å². The lowest BCUT2D eigenvalue weighted by Crippen LogP contribution is -2.58. The Morgan fingerprint density at radius 3 is 2.67 bits per heavy atom. The molecule has 5 rings (SSSR count). The molecule has 0 amide bonds. The average Bonchev–Trinajstić information content (AvgIpc) is 3.17. The van der Waals surface area contributed by atoms with Gasteiger partial charge in [-0.2, -0.15) is 0 Å². The Morgan fingerprint density at radius 2 is 2.06 bits per heavy atom. The Bertz CT molecular complexity index is 1190. The number of halogens is 2. The number of aliphatic carboxylic acids is 1. The van der Waals surface area contributed by atoms with E-state index < -0.39 is 41.0 Å². The molecule has 2 aliphatic carbocycles. The molecule has 2 heterocycles. The maximum atomic E-state index is 12.5. The average molecular weight is 535 g/mol. The van der Waals surface area contributed by atoms with Gasteiger partial charge in [-0.15, -0.1) is 0 Å². The predicted molar refractivity (Wildman–Crippen MR) is 124 cm³/mol. The number of aliphatic hydroxyl groups is 2. The Balaban J connectivity index is 1.84. The van der Waals surface area contributed by atoms with Crippen molar-refractivity contribution in [3.05, 3.63) is 75.4 Å². The first-order valence-corrected chi connectivity index (χ1v) is 11.6. The van der Waals surface area contributed by atoms with Crippen LogP contribution in [0.4, 0.5) is 0 Å². The number of ether oxygens (including phenoxy) is 2. The molecule has 1 aromatic carbocycles. The molecule has 172 valence electrons. The molecule has 3 aliphatic rings. The second kappa shape index (κ2) is 7.84. The molecule has 0 saturated heterocycles. The van der Waals surface area contributed by atoms with Gasteiger partial charge in [-0.3, -0.25) is 4.79 Å². The smallest absolute Gasteiger partial charge is 0.310 e. The molecule has 1 fully saturated rings. The van der Waals surface area contributed by atoms with Crippen LogP contribution in [0.5, 0.6) is 11.6 Å². The fourth-order valence-corrected chi connectivity index (χ4v) is 6.30. The summed E-state index contributed by atoms with van der Waals surface area (Å²) in [6.45, 7) is 0. The van der Waals surface area contributed by atoms with Crippen molar-refractivity contribution in [2.75, 3.05) is 7.11 Å². The molecule has 6 atom stereocenters. The van der Waals surface area contributed by atoms with Crippen LogP contribution in [0.3, 0.4) is 0 Å². The summed E-state index contributed by atoms with van der Waals surface area (Å²) in [6.07, 6.45) is 4.37. The van der Waals surface area contributed by atoms with E-state index in [0.717, 1.165) is 4.48 Å². The second-order valence-corrected chi connectivity index (χ2v) is 9.78. The minimum Gasteiger partial charge on any atom is -0.482 e. The summed E-state index contributed by atoms with van der Waals surface area (Å²) in [4.78, 5) is 16.7. The highest BCUT2D eigenvalue weighted by atomic mass is 79.9. The summed E-state index contributed by atoms with van der Waals surface area (Å²) in [6, 6.07) is 10.4. The number of aromatic nitrogens is 1. The number of hydrogen-bond acceptors (Lipinski definition) is 6. The van der Waals surface area contributed by atoms with Gasteiger partial charge in [0.2, 0.25) is 5.88 Å². The third-order valence-electron chi connectivity index (χ3n) is 7.01. The number of nitrogens with zero attached hydrogens (tertiary/aromatic N) is 1. The number of carboxylic acids is 1. The maximum absolute atomic E-state index is 12.5. The van der Waals surface area contributed by atoms with E-state index in [1.807, 2.05) is 24.3 Å². The molecule has 9 heteroatoms. The third kappa shape index (κ3) is 2.94. The highest BCUT2D eigenvalue weighted by Crippen LogP contribution is 2.69. The number of hydrogen-bond donors (Lipinski definition) is 3. The monoisotopic (exact) mass is 533 g/mol. The van der Waals surface area contributed by atoms with E-state index in [9.17, 15) is 20.1 Å². The van der Waals surface area contributed by atoms with Gasteiger partial charge in [-0.1, -0.05) is 76.1 Å². The molecule has 0 radical (unpaired) electrons. The van der Waals surface area contributed by atoms with Crippen LogP contribution in [0.1, 0.15) is 23.5 Å². The second-order valence-electron chi connectivity index (χ2n) is 8.48. The summed E-state index contributed by atoms with van der Waals surface area (Å²) >= 11 is 9.65. The van der Waals surface area contributed by atoms with E-state index in [0.29, 0.717) is 12.0 Å². The van der Waals surface area contributed by atoms with Crippen LogP contribution < -0.4 is 9.47 Å². The molecule has 1 aromatic heterocycles. The largest absolute Gasteiger partial charge is 0.482 e. The van der Waals surface area contributed by atoms with Gasteiger partial charge >= 0.3 is 5.97 Å². The Labute approximate surface area is 203 Å². The van der Waals surface area contributed by atoms with Crippen LogP contribution in [0.2, 0.25) is 5.15 Å². The van der Waals surface area contributed by atoms with Crippen molar-refractivity contribution in [1.29, 1.82) is 0 Å². The first-order valence-electron chi connectivity index (χ1n) is 10.4. The van der Waals surface area contributed by atoms with Crippen molar-refractivity contribution in [1.82, 2.24) is 4.98 Å². The van der Waals surface area contributed by atoms with Gasteiger partial charge in [-0.05, 0) is 12.0 Å². The van der Waals surface area contributed by atoms with Crippen LogP contribution in [-0.4, -0.2) is 45.1 Å². The zero-order valence-corrected chi connectivity index (χ0v) is 19.8. The third-order valence-corrected chi connectivity index (χ3v) is 7.79. The van der Waals surface area contributed by atoms with Crippen molar-refractivity contribution >= 4 is 33.5 Å². The van der Waals surface area contributed by atoms with E-state index in [-0.39, 0.29) is 22.3 Å². The molecule has 1 aliphatic heterocycles. The minimum atomic E-state index is -2.14. The lowest BCUT2D eigenvalue weighted by molar-refractivity contribution is -0.166. The molecule has 1 saturated carbocycles. The van der Waals surface area contributed by atoms with Crippen molar-refractivity contribution in [2.45, 2.75) is 29.6 Å². The fourth-order valence-electron chi connectivity index (χ4n) is 5.79. The number of carbonyl (C=O) groups is 1. The standard InChI is InChI=1S/C24H21BrClNO6/c1-32-21-19-15(11-16(26)27-21)33-24(13-7-9-14(25)10-8-13)18(12-5-3-2-4-6-12)17(22(29)30)20(28)23(19,24)31/h2-7,9-11,13,17-18,20,28,31H,8H2,1H3,(H,29,30)/t13?,17-,18-,20-,23+,24+/m1/s1. The number of carboxylic acid groups (broad SMARTS) is 1. The minimum absolute atomic E-state index is 0.0183. The number of rotatable bonds is 4. The van der Waals surface area contributed by atoms with E-state index in [2.05, 4.69) is 20.9 Å². The molecular formula is C24H21BrClNO6. The van der Waals surface area contributed by atoms with Gasteiger partial charge in [0.15, 0.2) is 11.2 Å². The van der Waals surface area contributed by atoms with E-state index >= 15 is 0 Å². The fraction of sp³-hybridized carbons (Fsp3) is 0.333. The first-order chi connectivity index (χ1) is 15.8. The molecule has 2 aromatic rings.